The van der Waals surface area contributed by atoms with Gasteiger partial charge in [-0.05, 0) is 61.7 Å². The molecule has 27 heavy (non-hydrogen) atoms. The minimum Gasteiger partial charge on any atom is -0.493 e. The monoisotopic (exact) mass is 380 g/mol. The predicted molar refractivity (Wildman–Crippen MR) is 109 cm³/mol. The third-order valence-corrected chi connectivity index (χ3v) is 5.69. The summed E-state index contributed by atoms with van der Waals surface area (Å²) < 4.78 is 13.3. The molecular weight excluding hydrogens is 360 g/mol. The first kappa shape index (κ1) is 17.5. The molecule has 6 heteroatoms. The highest BCUT2D eigenvalue weighted by Crippen LogP contribution is 2.28. The van der Waals surface area contributed by atoms with Gasteiger partial charge in [-0.2, -0.15) is 0 Å². The molecule has 0 fully saturated rings. The molecule has 0 unspecified atom stereocenters. The highest BCUT2D eigenvalue weighted by molar-refractivity contribution is 7.15. The van der Waals surface area contributed by atoms with Crippen LogP contribution in [0.5, 0.6) is 11.5 Å². The van der Waals surface area contributed by atoms with Crippen molar-refractivity contribution in [1.82, 2.24) is 9.38 Å². The molecule has 2 aromatic heterocycles. The average Bonchev–Trinajstić information content (AvgIpc) is 3.16. The summed E-state index contributed by atoms with van der Waals surface area (Å²) in [5.41, 5.74) is 4.89. The van der Waals surface area contributed by atoms with Crippen LogP contribution in [0.15, 0.2) is 35.1 Å². The van der Waals surface area contributed by atoms with Crippen molar-refractivity contribution in [2.45, 2.75) is 20.8 Å². The molecule has 2 heterocycles. The van der Waals surface area contributed by atoms with E-state index in [1.165, 1.54) is 16.9 Å². The number of hydrogen-bond donors (Lipinski definition) is 0. The fraction of sp³-hybridized carbons (Fsp3) is 0.238. The third-order valence-electron chi connectivity index (χ3n) is 4.72. The van der Waals surface area contributed by atoms with Crippen molar-refractivity contribution in [2.24, 2.45) is 0 Å². The Kier molecular flexibility index (Phi) is 4.36. The van der Waals surface area contributed by atoms with Crippen molar-refractivity contribution < 1.29 is 9.47 Å². The zero-order chi connectivity index (χ0) is 19.1. The van der Waals surface area contributed by atoms with Crippen LogP contribution in [0.4, 0.5) is 0 Å². The van der Waals surface area contributed by atoms with Gasteiger partial charge >= 0.3 is 0 Å². The maximum Gasteiger partial charge on any atom is 0.274 e. The molecule has 0 spiro atoms. The number of aromatic nitrogens is 2. The van der Waals surface area contributed by atoms with Crippen LogP contribution < -0.4 is 19.6 Å². The molecule has 0 amide bonds. The summed E-state index contributed by atoms with van der Waals surface area (Å²) in [4.78, 5) is 18.4. The van der Waals surface area contributed by atoms with Crippen LogP contribution in [0.25, 0.3) is 22.1 Å². The minimum atomic E-state index is -0.0467. The van der Waals surface area contributed by atoms with Crippen molar-refractivity contribution in [2.75, 3.05) is 13.7 Å². The summed E-state index contributed by atoms with van der Waals surface area (Å²) in [7, 11) is 1.61. The predicted octanol–water partition coefficient (Wildman–Crippen LogP) is 3.48. The van der Waals surface area contributed by atoms with Crippen LogP contribution in [0, 0.1) is 13.8 Å². The molecule has 0 saturated heterocycles. The van der Waals surface area contributed by atoms with Gasteiger partial charge in [0, 0.05) is 0 Å². The summed E-state index contributed by atoms with van der Waals surface area (Å²) in [5, 5.41) is 0. The molecule has 0 bridgehead atoms. The normalized spacial score (nSPS) is 12.2. The van der Waals surface area contributed by atoms with Crippen LogP contribution in [0.1, 0.15) is 23.6 Å². The fourth-order valence-corrected chi connectivity index (χ4v) is 4.15. The summed E-state index contributed by atoms with van der Waals surface area (Å²) in [5.74, 6) is 1.34. The van der Waals surface area contributed by atoms with E-state index in [1.807, 2.05) is 50.3 Å². The lowest BCUT2D eigenvalue weighted by Crippen LogP contribution is -2.22. The van der Waals surface area contributed by atoms with E-state index in [1.54, 1.807) is 11.5 Å². The van der Waals surface area contributed by atoms with Crippen molar-refractivity contribution in [3.05, 3.63) is 61.9 Å². The van der Waals surface area contributed by atoms with Gasteiger partial charge < -0.3 is 9.47 Å². The highest BCUT2D eigenvalue weighted by Gasteiger charge is 2.13. The molecule has 2 aromatic carbocycles. The number of hydrogen-bond acceptors (Lipinski definition) is 5. The van der Waals surface area contributed by atoms with Gasteiger partial charge in [0.1, 0.15) is 0 Å². The summed E-state index contributed by atoms with van der Waals surface area (Å²) in [6.45, 7) is 6.57. The largest absolute Gasteiger partial charge is 0.493 e. The van der Waals surface area contributed by atoms with Gasteiger partial charge in [0.25, 0.3) is 5.56 Å². The molecular formula is C21H20N2O3S. The Morgan fingerprint density at radius 2 is 2.00 bits per heavy atom. The standard InChI is InChI=1S/C21H20N2O3S/c1-5-26-17-10-14(7-9-16(17)25-4)11-18-20(24)23-15-8-6-12(2)13(3)19(15)22-21(23)27-18/h6-11H,5H2,1-4H3. The van der Waals surface area contributed by atoms with Crippen LogP contribution in [-0.2, 0) is 0 Å². The maximum absolute atomic E-state index is 13.0. The number of benzene rings is 2. The Balaban J connectivity index is 1.90. The number of fused-ring (bicyclic) bond motifs is 3. The number of aryl methyl sites for hydroxylation is 2. The van der Waals surface area contributed by atoms with E-state index in [4.69, 9.17) is 9.47 Å². The number of nitrogens with zero attached hydrogens (tertiary/aromatic N) is 2. The lowest BCUT2D eigenvalue weighted by atomic mass is 10.1. The summed E-state index contributed by atoms with van der Waals surface area (Å²) in [6.07, 6.45) is 1.87. The van der Waals surface area contributed by atoms with Crippen molar-refractivity contribution in [3.63, 3.8) is 0 Å². The number of imidazole rings is 1. The van der Waals surface area contributed by atoms with Gasteiger partial charge in [0.15, 0.2) is 16.5 Å². The Morgan fingerprint density at radius 3 is 2.74 bits per heavy atom. The number of methoxy groups -OCH3 is 1. The van der Waals surface area contributed by atoms with E-state index in [2.05, 4.69) is 11.9 Å². The van der Waals surface area contributed by atoms with E-state index >= 15 is 0 Å². The van der Waals surface area contributed by atoms with Crippen molar-refractivity contribution >= 4 is 33.4 Å². The highest BCUT2D eigenvalue weighted by atomic mass is 32.1. The van der Waals surface area contributed by atoms with E-state index in [-0.39, 0.29) is 5.56 Å². The molecule has 5 nitrogen and oxygen atoms in total. The first-order valence-corrected chi connectivity index (χ1v) is 9.59. The molecule has 4 aromatic rings. The molecule has 4 rings (SSSR count). The second-order valence-corrected chi connectivity index (χ2v) is 7.37. The second-order valence-electron chi connectivity index (χ2n) is 6.36. The zero-order valence-corrected chi connectivity index (χ0v) is 16.5. The Bertz CT molecular complexity index is 1270. The Morgan fingerprint density at radius 1 is 1.19 bits per heavy atom. The zero-order valence-electron chi connectivity index (χ0n) is 15.7. The quantitative estimate of drug-likeness (QED) is 0.544. The molecule has 0 aliphatic heterocycles. The summed E-state index contributed by atoms with van der Waals surface area (Å²) >= 11 is 1.40. The first-order valence-electron chi connectivity index (χ1n) is 8.77. The lowest BCUT2D eigenvalue weighted by molar-refractivity contribution is 0.311. The van der Waals surface area contributed by atoms with E-state index < -0.39 is 0 Å². The molecule has 0 N–H and O–H groups in total. The van der Waals surface area contributed by atoms with Gasteiger partial charge in [0.2, 0.25) is 0 Å². The Labute approximate surface area is 160 Å². The molecule has 0 atom stereocenters. The first-order chi connectivity index (χ1) is 13.0. The van der Waals surface area contributed by atoms with Crippen molar-refractivity contribution in [1.29, 1.82) is 0 Å². The van der Waals surface area contributed by atoms with Gasteiger partial charge in [-0.3, -0.25) is 4.79 Å². The Hall–Kier alpha value is -2.86. The molecule has 138 valence electrons. The van der Waals surface area contributed by atoms with Crippen LogP contribution in [0.3, 0.4) is 0 Å². The van der Waals surface area contributed by atoms with Crippen LogP contribution >= 0.6 is 11.3 Å². The maximum atomic E-state index is 13.0. The van der Waals surface area contributed by atoms with Crippen molar-refractivity contribution in [3.8, 4) is 11.5 Å². The number of ether oxygens (including phenoxy) is 2. The molecule has 0 saturated carbocycles. The second kappa shape index (κ2) is 6.70. The smallest absolute Gasteiger partial charge is 0.274 e. The van der Waals surface area contributed by atoms with Gasteiger partial charge in [-0.1, -0.05) is 23.5 Å². The van der Waals surface area contributed by atoms with Gasteiger partial charge in [-0.25, -0.2) is 9.38 Å². The number of rotatable bonds is 4. The van der Waals surface area contributed by atoms with Gasteiger partial charge in [-0.15, -0.1) is 0 Å². The topological polar surface area (TPSA) is 52.8 Å². The minimum absolute atomic E-state index is 0.0467. The molecule has 0 aliphatic rings. The summed E-state index contributed by atoms with van der Waals surface area (Å²) in [6, 6.07) is 9.65. The fourth-order valence-electron chi connectivity index (χ4n) is 3.17. The van der Waals surface area contributed by atoms with Crippen LogP contribution in [0.2, 0.25) is 0 Å². The van der Waals surface area contributed by atoms with Gasteiger partial charge in [0.05, 0.1) is 29.3 Å². The molecule has 0 radical (unpaired) electrons. The van der Waals surface area contributed by atoms with E-state index in [0.717, 1.165) is 22.2 Å². The SMILES string of the molecule is CCOc1cc(C=c2sc3nc4c(C)c(C)ccc4n3c2=O)ccc1OC. The lowest BCUT2D eigenvalue weighted by Gasteiger charge is -2.09. The molecule has 0 aliphatic carbocycles. The number of thiazole rings is 1. The average molecular weight is 380 g/mol. The van der Waals surface area contributed by atoms with E-state index in [9.17, 15) is 4.79 Å². The van der Waals surface area contributed by atoms with E-state index in [0.29, 0.717) is 27.6 Å². The third kappa shape index (κ3) is 2.86. The van der Waals surface area contributed by atoms with Crippen LogP contribution in [-0.4, -0.2) is 23.1 Å².